The summed E-state index contributed by atoms with van der Waals surface area (Å²) < 4.78 is 11.3. The predicted octanol–water partition coefficient (Wildman–Crippen LogP) is 4.59. The average Bonchev–Trinajstić information content (AvgIpc) is 3.21. The summed E-state index contributed by atoms with van der Waals surface area (Å²) >= 11 is 0. The highest BCUT2D eigenvalue weighted by Crippen LogP contribution is 2.17. The molecule has 1 aromatic heterocycles. The molecule has 0 fully saturated rings. The van der Waals surface area contributed by atoms with E-state index in [0.29, 0.717) is 13.1 Å². The van der Waals surface area contributed by atoms with Gasteiger partial charge in [0.05, 0.1) is 12.8 Å². The van der Waals surface area contributed by atoms with Crippen molar-refractivity contribution >= 4 is 0 Å². The Hall–Kier alpha value is -2.56. The molecule has 1 atom stereocenters. The first-order chi connectivity index (χ1) is 13.6. The zero-order valence-electron chi connectivity index (χ0n) is 16.7. The lowest BCUT2D eigenvalue weighted by molar-refractivity contribution is 0.0602. The van der Waals surface area contributed by atoms with E-state index in [2.05, 4.69) is 36.1 Å². The number of nitrogens with zero attached hydrogens (tertiary/aromatic N) is 1. The topological polar surface area (TPSA) is 45.8 Å². The van der Waals surface area contributed by atoms with E-state index in [1.807, 2.05) is 43.3 Å². The van der Waals surface area contributed by atoms with E-state index in [9.17, 15) is 5.11 Å². The van der Waals surface area contributed by atoms with Gasteiger partial charge in [-0.05, 0) is 48.2 Å². The quantitative estimate of drug-likeness (QED) is 0.559. The van der Waals surface area contributed by atoms with Crippen molar-refractivity contribution < 1.29 is 14.3 Å². The fourth-order valence-electron chi connectivity index (χ4n) is 3.20. The Morgan fingerprint density at radius 2 is 1.71 bits per heavy atom. The number of hydrogen-bond acceptors (Lipinski definition) is 4. The van der Waals surface area contributed by atoms with Gasteiger partial charge in [-0.1, -0.05) is 49.4 Å². The maximum Gasteiger partial charge on any atom is 0.122 e. The number of aryl methyl sites for hydroxylation is 2. The number of furan rings is 1. The Bertz CT molecular complexity index is 827. The zero-order chi connectivity index (χ0) is 19.8. The van der Waals surface area contributed by atoms with Gasteiger partial charge >= 0.3 is 0 Å². The van der Waals surface area contributed by atoms with Crippen molar-refractivity contribution in [2.75, 3.05) is 13.2 Å². The van der Waals surface area contributed by atoms with Gasteiger partial charge in [-0.2, -0.15) is 0 Å². The van der Waals surface area contributed by atoms with Crippen LogP contribution in [0, 0.1) is 6.92 Å². The summed E-state index contributed by atoms with van der Waals surface area (Å²) in [4.78, 5) is 2.19. The van der Waals surface area contributed by atoms with E-state index >= 15 is 0 Å². The molecule has 0 saturated heterocycles. The summed E-state index contributed by atoms with van der Waals surface area (Å²) in [5.41, 5.74) is 3.61. The summed E-state index contributed by atoms with van der Waals surface area (Å²) in [5, 5.41) is 10.6. The second-order valence-electron chi connectivity index (χ2n) is 7.15. The van der Waals surface area contributed by atoms with E-state index < -0.39 is 6.10 Å². The molecule has 148 valence electrons. The minimum absolute atomic E-state index is 0.258. The van der Waals surface area contributed by atoms with Gasteiger partial charge in [0, 0.05) is 13.1 Å². The maximum atomic E-state index is 10.6. The number of hydrogen-bond donors (Lipinski definition) is 1. The van der Waals surface area contributed by atoms with E-state index in [4.69, 9.17) is 9.15 Å². The van der Waals surface area contributed by atoms with Gasteiger partial charge in [0.15, 0.2) is 0 Å². The first kappa shape index (κ1) is 20.2. The minimum Gasteiger partial charge on any atom is -0.491 e. The molecule has 3 aromatic rings. The molecule has 0 aliphatic rings. The van der Waals surface area contributed by atoms with Gasteiger partial charge < -0.3 is 14.3 Å². The largest absolute Gasteiger partial charge is 0.491 e. The van der Waals surface area contributed by atoms with Crippen LogP contribution in [0.25, 0.3) is 0 Å². The Labute approximate surface area is 167 Å². The van der Waals surface area contributed by atoms with E-state index in [-0.39, 0.29) is 6.61 Å². The average molecular weight is 380 g/mol. The molecule has 28 heavy (non-hydrogen) atoms. The normalized spacial score (nSPS) is 12.3. The number of para-hydroxylation sites is 1. The lowest BCUT2D eigenvalue weighted by Gasteiger charge is -2.24. The third kappa shape index (κ3) is 5.98. The van der Waals surface area contributed by atoms with Crippen molar-refractivity contribution in [3.05, 3.63) is 89.4 Å². The van der Waals surface area contributed by atoms with Crippen molar-refractivity contribution in [3.8, 4) is 5.75 Å². The SMILES string of the molecule is CCc1ccc(CN(Cc2ccco2)CC(O)COc2ccccc2C)cc1. The summed E-state index contributed by atoms with van der Waals surface area (Å²) in [6, 6.07) is 20.4. The lowest BCUT2D eigenvalue weighted by Crippen LogP contribution is -2.35. The minimum atomic E-state index is -0.593. The number of rotatable bonds is 10. The summed E-state index contributed by atoms with van der Waals surface area (Å²) in [7, 11) is 0. The molecule has 0 radical (unpaired) electrons. The highest BCUT2D eigenvalue weighted by Gasteiger charge is 2.15. The molecule has 1 unspecified atom stereocenters. The molecule has 2 aromatic carbocycles. The van der Waals surface area contributed by atoms with Crippen molar-refractivity contribution in [2.45, 2.75) is 39.5 Å². The van der Waals surface area contributed by atoms with Gasteiger partial charge in [-0.3, -0.25) is 4.90 Å². The Morgan fingerprint density at radius 3 is 2.39 bits per heavy atom. The van der Waals surface area contributed by atoms with Crippen LogP contribution in [-0.2, 0) is 19.5 Å². The fourth-order valence-corrected chi connectivity index (χ4v) is 3.20. The van der Waals surface area contributed by atoms with Crippen LogP contribution in [0.5, 0.6) is 5.75 Å². The van der Waals surface area contributed by atoms with Gasteiger partial charge in [0.1, 0.15) is 24.2 Å². The summed E-state index contributed by atoms with van der Waals surface area (Å²) in [6.07, 6.45) is 2.12. The van der Waals surface area contributed by atoms with Crippen molar-refractivity contribution in [1.82, 2.24) is 4.90 Å². The third-order valence-corrected chi connectivity index (χ3v) is 4.79. The van der Waals surface area contributed by atoms with Crippen LogP contribution < -0.4 is 4.74 Å². The van der Waals surface area contributed by atoms with Gasteiger partial charge in [-0.25, -0.2) is 0 Å². The molecule has 0 spiro atoms. The van der Waals surface area contributed by atoms with Crippen molar-refractivity contribution in [1.29, 1.82) is 0 Å². The number of ether oxygens (including phenoxy) is 1. The van der Waals surface area contributed by atoms with E-state index in [1.54, 1.807) is 6.26 Å². The van der Waals surface area contributed by atoms with Crippen LogP contribution in [0.2, 0.25) is 0 Å². The first-order valence-corrected chi connectivity index (χ1v) is 9.83. The van der Waals surface area contributed by atoms with Gasteiger partial charge in [-0.15, -0.1) is 0 Å². The smallest absolute Gasteiger partial charge is 0.122 e. The predicted molar refractivity (Wildman–Crippen MR) is 111 cm³/mol. The molecule has 4 heteroatoms. The molecule has 1 heterocycles. The Morgan fingerprint density at radius 1 is 0.964 bits per heavy atom. The molecule has 0 aliphatic heterocycles. The summed E-state index contributed by atoms with van der Waals surface area (Å²) in [6.45, 7) is 6.31. The third-order valence-electron chi connectivity index (χ3n) is 4.79. The Balaban J connectivity index is 1.61. The van der Waals surface area contributed by atoms with E-state index in [0.717, 1.165) is 30.0 Å². The van der Waals surface area contributed by atoms with Crippen molar-refractivity contribution in [2.24, 2.45) is 0 Å². The first-order valence-electron chi connectivity index (χ1n) is 9.83. The molecule has 4 nitrogen and oxygen atoms in total. The molecule has 0 amide bonds. The van der Waals surface area contributed by atoms with Gasteiger partial charge in [0.2, 0.25) is 0 Å². The standard InChI is InChI=1S/C24H29NO3/c1-3-20-10-12-21(13-11-20)15-25(17-23-8-6-14-27-23)16-22(26)18-28-24-9-5-4-7-19(24)2/h4-14,22,26H,3,15-18H2,1-2H3. The van der Waals surface area contributed by atoms with Crippen LogP contribution in [0.1, 0.15) is 29.4 Å². The van der Waals surface area contributed by atoms with Crippen LogP contribution in [0.3, 0.4) is 0 Å². The number of benzene rings is 2. The second-order valence-corrected chi connectivity index (χ2v) is 7.15. The molecule has 0 saturated carbocycles. The monoisotopic (exact) mass is 379 g/mol. The molecular weight excluding hydrogens is 350 g/mol. The summed E-state index contributed by atoms with van der Waals surface area (Å²) in [5.74, 6) is 1.70. The molecule has 1 N–H and O–H groups in total. The van der Waals surface area contributed by atoms with Crippen LogP contribution in [-0.4, -0.2) is 29.3 Å². The fraction of sp³-hybridized carbons (Fsp3) is 0.333. The van der Waals surface area contributed by atoms with Crippen LogP contribution >= 0.6 is 0 Å². The van der Waals surface area contributed by atoms with Gasteiger partial charge in [0.25, 0.3) is 0 Å². The number of aliphatic hydroxyl groups is 1. The zero-order valence-corrected chi connectivity index (χ0v) is 16.7. The molecule has 0 aliphatic carbocycles. The van der Waals surface area contributed by atoms with Crippen LogP contribution in [0.4, 0.5) is 0 Å². The molecule has 3 rings (SSSR count). The highest BCUT2D eigenvalue weighted by molar-refractivity contribution is 5.31. The highest BCUT2D eigenvalue weighted by atomic mass is 16.5. The lowest BCUT2D eigenvalue weighted by atomic mass is 10.1. The molecule has 0 bridgehead atoms. The maximum absolute atomic E-state index is 10.6. The Kier molecular flexibility index (Phi) is 7.29. The number of aliphatic hydroxyl groups excluding tert-OH is 1. The molecular formula is C24H29NO3. The second kappa shape index (κ2) is 10.1. The van der Waals surface area contributed by atoms with E-state index in [1.165, 1.54) is 11.1 Å². The van der Waals surface area contributed by atoms with Crippen LogP contribution in [0.15, 0.2) is 71.3 Å². The van der Waals surface area contributed by atoms with Crippen molar-refractivity contribution in [3.63, 3.8) is 0 Å².